The molecule has 3 heteroatoms. The molecular weight excluding hydrogens is 245 g/mol. The van der Waals surface area contributed by atoms with Crippen molar-refractivity contribution >= 4 is 11.8 Å². The Kier molecular flexibility index (Phi) is 4.04. The molecule has 2 aromatic rings. The predicted octanol–water partition coefficient (Wildman–Crippen LogP) is 4.31. The molecule has 0 unspecified atom stereocenters. The number of aryl methyl sites for hydroxylation is 1. The molecule has 0 aromatic heterocycles. The molecule has 0 heterocycles. The van der Waals surface area contributed by atoms with Crippen LogP contribution in [0.3, 0.4) is 0 Å². The van der Waals surface area contributed by atoms with Crippen LogP contribution in [0, 0.1) is 12.7 Å². The van der Waals surface area contributed by atoms with E-state index in [-0.39, 0.29) is 11.9 Å². The average Bonchev–Trinajstić information content (AvgIpc) is 2.34. The van der Waals surface area contributed by atoms with Gasteiger partial charge in [0.25, 0.3) is 0 Å². The zero-order chi connectivity index (χ0) is 13.1. The molecule has 0 aliphatic heterocycles. The van der Waals surface area contributed by atoms with Crippen LogP contribution in [0.4, 0.5) is 4.39 Å². The van der Waals surface area contributed by atoms with Crippen LogP contribution in [0.1, 0.15) is 24.1 Å². The summed E-state index contributed by atoms with van der Waals surface area (Å²) >= 11 is 1.43. The summed E-state index contributed by atoms with van der Waals surface area (Å²) in [5, 5.41) is 0. The first-order valence-electron chi connectivity index (χ1n) is 5.86. The predicted molar refractivity (Wildman–Crippen MR) is 74.3 cm³/mol. The molecule has 2 N–H and O–H groups in total. The lowest BCUT2D eigenvalue weighted by molar-refractivity contribution is 0.596. The monoisotopic (exact) mass is 261 g/mol. The quantitative estimate of drug-likeness (QED) is 0.891. The lowest BCUT2D eigenvalue weighted by Gasteiger charge is -2.08. The standard InChI is InChI=1S/C15H16FNS/c1-10-3-6-13(7-4-10)18-15-8-5-12(11(2)17)9-14(15)16/h3-9,11H,17H2,1-2H3/t11-/m1/s1. The average molecular weight is 261 g/mol. The fourth-order valence-corrected chi connectivity index (χ4v) is 2.43. The first-order chi connectivity index (χ1) is 8.56. The summed E-state index contributed by atoms with van der Waals surface area (Å²) in [6.45, 7) is 3.88. The summed E-state index contributed by atoms with van der Waals surface area (Å²) in [4.78, 5) is 1.66. The first kappa shape index (κ1) is 13.1. The van der Waals surface area contributed by atoms with Crippen LogP contribution in [-0.2, 0) is 0 Å². The third kappa shape index (κ3) is 3.12. The van der Waals surface area contributed by atoms with Crippen LogP contribution < -0.4 is 5.73 Å². The van der Waals surface area contributed by atoms with E-state index in [4.69, 9.17) is 5.73 Å². The van der Waals surface area contributed by atoms with Gasteiger partial charge in [-0.05, 0) is 43.7 Å². The van der Waals surface area contributed by atoms with Gasteiger partial charge in [0.05, 0.1) is 0 Å². The van der Waals surface area contributed by atoms with Crippen molar-refractivity contribution in [1.29, 1.82) is 0 Å². The molecule has 18 heavy (non-hydrogen) atoms. The normalized spacial score (nSPS) is 12.4. The highest BCUT2D eigenvalue weighted by molar-refractivity contribution is 7.99. The molecule has 1 atom stereocenters. The minimum absolute atomic E-state index is 0.141. The van der Waals surface area contributed by atoms with Crippen LogP contribution in [-0.4, -0.2) is 0 Å². The zero-order valence-electron chi connectivity index (χ0n) is 10.5. The van der Waals surface area contributed by atoms with Gasteiger partial charge in [0.1, 0.15) is 5.82 Å². The summed E-state index contributed by atoms with van der Waals surface area (Å²) in [7, 11) is 0. The fraction of sp³-hybridized carbons (Fsp3) is 0.200. The third-order valence-electron chi connectivity index (χ3n) is 2.73. The van der Waals surface area contributed by atoms with Crippen molar-refractivity contribution in [3.05, 3.63) is 59.4 Å². The molecule has 2 rings (SSSR count). The molecule has 0 amide bonds. The van der Waals surface area contributed by atoms with Crippen LogP contribution in [0.2, 0.25) is 0 Å². The minimum atomic E-state index is -0.213. The number of benzene rings is 2. The summed E-state index contributed by atoms with van der Waals surface area (Å²) < 4.78 is 13.9. The largest absolute Gasteiger partial charge is 0.324 e. The Balaban J connectivity index is 2.22. The smallest absolute Gasteiger partial charge is 0.137 e. The van der Waals surface area contributed by atoms with Gasteiger partial charge in [-0.2, -0.15) is 0 Å². The van der Waals surface area contributed by atoms with E-state index in [1.165, 1.54) is 23.4 Å². The van der Waals surface area contributed by atoms with Crippen LogP contribution >= 0.6 is 11.8 Å². The maximum Gasteiger partial charge on any atom is 0.137 e. The first-order valence-corrected chi connectivity index (χ1v) is 6.67. The number of nitrogens with two attached hydrogens (primary N) is 1. The third-order valence-corrected chi connectivity index (χ3v) is 3.79. The second kappa shape index (κ2) is 5.55. The second-order valence-electron chi connectivity index (χ2n) is 4.39. The van der Waals surface area contributed by atoms with Crippen molar-refractivity contribution in [1.82, 2.24) is 0 Å². The Hall–Kier alpha value is -1.32. The summed E-state index contributed by atoms with van der Waals surface area (Å²) in [5.74, 6) is -0.213. The molecule has 0 saturated heterocycles. The molecule has 0 saturated carbocycles. The van der Waals surface area contributed by atoms with Crippen molar-refractivity contribution in [2.75, 3.05) is 0 Å². The molecule has 0 fully saturated rings. The van der Waals surface area contributed by atoms with Gasteiger partial charge >= 0.3 is 0 Å². The van der Waals surface area contributed by atoms with Gasteiger partial charge in [-0.1, -0.05) is 35.5 Å². The zero-order valence-corrected chi connectivity index (χ0v) is 11.3. The van der Waals surface area contributed by atoms with Gasteiger partial charge in [0.15, 0.2) is 0 Å². The number of rotatable bonds is 3. The minimum Gasteiger partial charge on any atom is -0.324 e. The van der Waals surface area contributed by atoms with E-state index < -0.39 is 0 Å². The maximum absolute atomic E-state index is 13.9. The highest BCUT2D eigenvalue weighted by Crippen LogP contribution is 2.31. The van der Waals surface area contributed by atoms with Crippen molar-refractivity contribution in [2.24, 2.45) is 5.73 Å². The highest BCUT2D eigenvalue weighted by Gasteiger charge is 2.07. The van der Waals surface area contributed by atoms with Gasteiger partial charge in [-0.25, -0.2) is 4.39 Å². The Morgan fingerprint density at radius 3 is 2.33 bits per heavy atom. The fourth-order valence-electron chi connectivity index (χ4n) is 1.62. The Morgan fingerprint density at radius 2 is 1.78 bits per heavy atom. The van der Waals surface area contributed by atoms with Crippen molar-refractivity contribution in [3.8, 4) is 0 Å². The van der Waals surface area contributed by atoms with E-state index in [0.717, 1.165) is 10.5 Å². The topological polar surface area (TPSA) is 26.0 Å². The van der Waals surface area contributed by atoms with E-state index in [2.05, 4.69) is 0 Å². The summed E-state index contributed by atoms with van der Waals surface area (Å²) in [6.07, 6.45) is 0. The number of hydrogen-bond acceptors (Lipinski definition) is 2. The summed E-state index contributed by atoms with van der Waals surface area (Å²) in [5.41, 5.74) is 7.75. The Bertz CT molecular complexity index is 535. The van der Waals surface area contributed by atoms with E-state index in [9.17, 15) is 4.39 Å². The second-order valence-corrected chi connectivity index (χ2v) is 5.51. The van der Waals surface area contributed by atoms with Gasteiger partial charge in [-0.3, -0.25) is 0 Å². The Morgan fingerprint density at radius 1 is 1.11 bits per heavy atom. The lowest BCUT2D eigenvalue weighted by Crippen LogP contribution is -2.05. The van der Waals surface area contributed by atoms with Crippen LogP contribution in [0.25, 0.3) is 0 Å². The molecular formula is C15H16FNS. The van der Waals surface area contributed by atoms with Crippen LogP contribution in [0.5, 0.6) is 0 Å². The van der Waals surface area contributed by atoms with Crippen molar-refractivity contribution < 1.29 is 4.39 Å². The molecule has 0 aliphatic carbocycles. The van der Waals surface area contributed by atoms with Gasteiger partial charge in [0.2, 0.25) is 0 Å². The van der Waals surface area contributed by atoms with Crippen LogP contribution in [0.15, 0.2) is 52.3 Å². The molecule has 1 nitrogen and oxygen atoms in total. The van der Waals surface area contributed by atoms with Crippen molar-refractivity contribution in [3.63, 3.8) is 0 Å². The lowest BCUT2D eigenvalue weighted by atomic mass is 10.1. The van der Waals surface area contributed by atoms with E-state index in [1.54, 1.807) is 6.07 Å². The Labute approximate surface area is 111 Å². The SMILES string of the molecule is Cc1ccc(Sc2ccc([C@@H](C)N)cc2F)cc1. The molecule has 0 aliphatic rings. The molecule has 0 bridgehead atoms. The van der Waals surface area contributed by atoms with E-state index in [0.29, 0.717) is 4.90 Å². The molecule has 0 spiro atoms. The highest BCUT2D eigenvalue weighted by atomic mass is 32.2. The maximum atomic E-state index is 13.9. The molecule has 0 radical (unpaired) electrons. The van der Waals surface area contributed by atoms with Crippen molar-refractivity contribution in [2.45, 2.75) is 29.7 Å². The molecule has 94 valence electrons. The summed E-state index contributed by atoms with van der Waals surface area (Å²) in [6, 6.07) is 13.1. The van der Waals surface area contributed by atoms with Gasteiger partial charge in [0, 0.05) is 15.8 Å². The van der Waals surface area contributed by atoms with Gasteiger partial charge < -0.3 is 5.73 Å². The van der Waals surface area contributed by atoms with E-state index >= 15 is 0 Å². The molecule has 2 aromatic carbocycles. The van der Waals surface area contributed by atoms with Gasteiger partial charge in [-0.15, -0.1) is 0 Å². The number of halogens is 1. The number of hydrogen-bond donors (Lipinski definition) is 1. The van der Waals surface area contributed by atoms with E-state index in [1.807, 2.05) is 44.2 Å².